The molecule has 0 spiro atoms. The van der Waals surface area contributed by atoms with Gasteiger partial charge in [-0.15, -0.1) is 0 Å². The number of nitrogens with zero attached hydrogens (tertiary/aromatic N) is 2. The summed E-state index contributed by atoms with van der Waals surface area (Å²) in [4.78, 5) is 0. The van der Waals surface area contributed by atoms with Gasteiger partial charge in [0.15, 0.2) is 5.75 Å². The molecule has 1 aromatic heterocycles. The van der Waals surface area contributed by atoms with E-state index in [4.69, 9.17) is 4.74 Å². The molecule has 0 fully saturated rings. The number of benzene rings is 1. The monoisotopic (exact) mass is 288 g/mol. The van der Waals surface area contributed by atoms with Crippen LogP contribution in [-0.2, 0) is 5.60 Å². The maximum atomic E-state index is 11.2. The molecule has 0 saturated heterocycles. The smallest absolute Gasteiger partial charge is 0.163 e. The summed E-state index contributed by atoms with van der Waals surface area (Å²) in [5, 5.41) is 15.6. The number of ether oxygens (including phenoxy) is 1. The van der Waals surface area contributed by atoms with Gasteiger partial charge in [-0.25, -0.2) is 0 Å². The van der Waals surface area contributed by atoms with Crippen LogP contribution in [0.25, 0.3) is 0 Å². The lowest BCUT2D eigenvalue weighted by molar-refractivity contribution is 0.0866. The van der Waals surface area contributed by atoms with Gasteiger partial charge in [-0.2, -0.15) is 5.10 Å². The molecule has 0 saturated carbocycles. The van der Waals surface area contributed by atoms with Crippen molar-refractivity contribution in [2.75, 3.05) is 7.11 Å². The van der Waals surface area contributed by atoms with Crippen molar-refractivity contribution < 1.29 is 9.84 Å². The highest BCUT2D eigenvalue weighted by Gasteiger charge is 2.34. The van der Waals surface area contributed by atoms with E-state index in [1.807, 2.05) is 44.5 Å². The quantitative estimate of drug-likeness (QED) is 0.938. The largest absolute Gasteiger partial charge is 0.493 e. The number of aromatic nitrogens is 2. The van der Waals surface area contributed by atoms with E-state index in [-0.39, 0.29) is 6.04 Å². The summed E-state index contributed by atoms with van der Waals surface area (Å²) in [7, 11) is 1.60. The Bertz CT molecular complexity index is 622. The van der Waals surface area contributed by atoms with E-state index in [0.29, 0.717) is 11.4 Å². The van der Waals surface area contributed by atoms with Crippen LogP contribution in [-0.4, -0.2) is 22.0 Å². The topological polar surface area (TPSA) is 47.3 Å². The third-order valence-corrected chi connectivity index (χ3v) is 3.72. The van der Waals surface area contributed by atoms with Gasteiger partial charge in [0.1, 0.15) is 11.3 Å². The average Bonchev–Trinajstić information content (AvgIpc) is 2.82. The van der Waals surface area contributed by atoms with Gasteiger partial charge in [0, 0.05) is 6.04 Å². The van der Waals surface area contributed by atoms with Gasteiger partial charge in [-0.1, -0.05) is 29.3 Å². The van der Waals surface area contributed by atoms with E-state index in [1.54, 1.807) is 20.2 Å². The molecule has 114 valence electrons. The molecule has 0 amide bonds. The molecular formula is C17H24N2O2. The number of aryl methyl sites for hydroxylation is 2. The Kier molecular flexibility index (Phi) is 4.10. The van der Waals surface area contributed by atoms with Crippen LogP contribution < -0.4 is 4.74 Å². The van der Waals surface area contributed by atoms with Crippen LogP contribution >= 0.6 is 0 Å². The summed E-state index contributed by atoms with van der Waals surface area (Å²) >= 11 is 0. The highest BCUT2D eigenvalue weighted by molar-refractivity contribution is 5.42. The molecule has 2 aromatic rings. The summed E-state index contributed by atoms with van der Waals surface area (Å²) < 4.78 is 7.22. The van der Waals surface area contributed by atoms with Gasteiger partial charge in [0.05, 0.1) is 13.3 Å². The predicted octanol–water partition coefficient (Wildman–Crippen LogP) is 3.35. The maximum absolute atomic E-state index is 11.2. The summed E-state index contributed by atoms with van der Waals surface area (Å²) in [6.45, 7) is 9.92. The second-order valence-electron chi connectivity index (χ2n) is 6.05. The molecule has 0 radical (unpaired) electrons. The van der Waals surface area contributed by atoms with Crippen molar-refractivity contribution >= 4 is 0 Å². The third-order valence-electron chi connectivity index (χ3n) is 3.72. The van der Waals surface area contributed by atoms with Crippen LogP contribution in [0.2, 0.25) is 0 Å². The molecule has 2 rings (SSSR count). The van der Waals surface area contributed by atoms with E-state index in [9.17, 15) is 5.11 Å². The van der Waals surface area contributed by atoms with Crippen LogP contribution in [0.1, 0.15) is 49.2 Å². The Labute approximate surface area is 126 Å². The fourth-order valence-electron chi connectivity index (χ4n) is 2.74. The first-order chi connectivity index (χ1) is 9.77. The zero-order valence-electron chi connectivity index (χ0n) is 13.6. The molecular weight excluding hydrogens is 264 g/mol. The lowest BCUT2D eigenvalue weighted by Gasteiger charge is -2.28. The Balaban J connectivity index is 2.65. The zero-order chi connectivity index (χ0) is 15.8. The SMILES string of the molecule is COc1cnn(C(C)C)c1C(C)(O)c1cc(C)cc(C)c1. The Morgan fingerprint density at radius 2 is 1.76 bits per heavy atom. The highest BCUT2D eigenvalue weighted by atomic mass is 16.5. The molecule has 1 aromatic carbocycles. The van der Waals surface area contributed by atoms with Gasteiger partial charge >= 0.3 is 0 Å². The highest BCUT2D eigenvalue weighted by Crippen LogP contribution is 2.37. The zero-order valence-corrected chi connectivity index (χ0v) is 13.6. The summed E-state index contributed by atoms with van der Waals surface area (Å²) in [5.74, 6) is 0.604. The summed E-state index contributed by atoms with van der Waals surface area (Å²) in [6, 6.07) is 6.24. The molecule has 1 heterocycles. The van der Waals surface area contributed by atoms with Crippen LogP contribution in [0.15, 0.2) is 24.4 Å². The van der Waals surface area contributed by atoms with Gasteiger partial charge in [-0.05, 0) is 40.2 Å². The molecule has 0 aliphatic rings. The van der Waals surface area contributed by atoms with Crippen molar-refractivity contribution in [2.24, 2.45) is 0 Å². The first-order valence-electron chi connectivity index (χ1n) is 7.20. The maximum Gasteiger partial charge on any atom is 0.163 e. The van der Waals surface area contributed by atoms with Crippen molar-refractivity contribution in [3.8, 4) is 5.75 Å². The number of methoxy groups -OCH3 is 1. The lowest BCUT2D eigenvalue weighted by Crippen LogP contribution is -2.28. The molecule has 0 bridgehead atoms. The van der Waals surface area contributed by atoms with E-state index < -0.39 is 5.60 Å². The van der Waals surface area contributed by atoms with Gasteiger partial charge in [0.25, 0.3) is 0 Å². The predicted molar refractivity (Wildman–Crippen MR) is 83.8 cm³/mol. The fourth-order valence-corrected chi connectivity index (χ4v) is 2.74. The molecule has 0 aliphatic heterocycles. The standard InChI is InChI=1S/C17H24N2O2/c1-11(2)19-16(15(21-6)10-18-19)17(5,20)14-8-12(3)7-13(4)9-14/h7-11,20H,1-6H3. The second-order valence-corrected chi connectivity index (χ2v) is 6.05. The molecule has 21 heavy (non-hydrogen) atoms. The second kappa shape index (κ2) is 5.53. The Morgan fingerprint density at radius 1 is 1.19 bits per heavy atom. The van der Waals surface area contributed by atoms with E-state index in [2.05, 4.69) is 11.2 Å². The minimum atomic E-state index is -1.16. The van der Waals surface area contributed by atoms with Crippen molar-refractivity contribution in [3.05, 3.63) is 46.8 Å². The van der Waals surface area contributed by atoms with E-state index in [1.165, 1.54) is 0 Å². The minimum absolute atomic E-state index is 0.140. The summed E-state index contributed by atoms with van der Waals surface area (Å²) in [5.41, 5.74) is 2.62. The Morgan fingerprint density at radius 3 is 2.24 bits per heavy atom. The van der Waals surface area contributed by atoms with Crippen LogP contribution in [0, 0.1) is 13.8 Å². The normalized spacial score (nSPS) is 14.3. The summed E-state index contributed by atoms with van der Waals surface area (Å²) in [6.07, 6.45) is 1.66. The van der Waals surface area contributed by atoms with Crippen molar-refractivity contribution in [3.63, 3.8) is 0 Å². The molecule has 1 unspecified atom stereocenters. The van der Waals surface area contributed by atoms with Crippen LogP contribution in [0.3, 0.4) is 0 Å². The minimum Gasteiger partial charge on any atom is -0.493 e. The Hall–Kier alpha value is -1.81. The van der Waals surface area contributed by atoms with Gasteiger partial charge in [-0.3, -0.25) is 4.68 Å². The molecule has 1 atom stereocenters. The van der Waals surface area contributed by atoms with Crippen LogP contribution in [0.4, 0.5) is 0 Å². The van der Waals surface area contributed by atoms with Crippen molar-refractivity contribution in [1.82, 2.24) is 9.78 Å². The number of aliphatic hydroxyl groups is 1. The molecule has 4 nitrogen and oxygen atoms in total. The van der Waals surface area contributed by atoms with Crippen LogP contribution in [0.5, 0.6) is 5.75 Å². The number of rotatable bonds is 4. The molecule has 1 N–H and O–H groups in total. The van der Waals surface area contributed by atoms with Crippen molar-refractivity contribution in [2.45, 2.75) is 46.3 Å². The molecule has 0 aliphatic carbocycles. The van der Waals surface area contributed by atoms with E-state index in [0.717, 1.165) is 16.7 Å². The fraction of sp³-hybridized carbons (Fsp3) is 0.471. The third kappa shape index (κ3) is 2.81. The number of hydrogen-bond donors (Lipinski definition) is 1. The first-order valence-corrected chi connectivity index (χ1v) is 7.20. The lowest BCUT2D eigenvalue weighted by atomic mass is 9.89. The van der Waals surface area contributed by atoms with Gasteiger partial charge < -0.3 is 9.84 Å². The first kappa shape index (κ1) is 15.6. The average molecular weight is 288 g/mol. The number of hydrogen-bond acceptors (Lipinski definition) is 3. The van der Waals surface area contributed by atoms with Crippen molar-refractivity contribution in [1.29, 1.82) is 0 Å². The van der Waals surface area contributed by atoms with Gasteiger partial charge in [0.2, 0.25) is 0 Å². The van der Waals surface area contributed by atoms with E-state index >= 15 is 0 Å². The molecule has 4 heteroatoms.